The van der Waals surface area contributed by atoms with Gasteiger partial charge in [0.1, 0.15) is 0 Å². The third kappa shape index (κ3) is 5.14. The number of carbonyl (C=O) groups is 2. The number of rotatable bonds is 7. The fraction of sp³-hybridized carbons (Fsp3) is 0.172. The summed E-state index contributed by atoms with van der Waals surface area (Å²) in [4.78, 5) is 40.9. The van der Waals surface area contributed by atoms with Crippen molar-refractivity contribution in [1.82, 2.24) is 9.99 Å². The first-order chi connectivity index (χ1) is 18.3. The molecule has 3 aromatic carbocycles. The van der Waals surface area contributed by atoms with Gasteiger partial charge in [-0.25, -0.2) is 5.01 Å². The highest BCUT2D eigenvalue weighted by Gasteiger charge is 2.36. The van der Waals surface area contributed by atoms with Crippen molar-refractivity contribution in [2.45, 2.75) is 31.7 Å². The number of aromatic nitrogens is 1. The molecule has 1 amide bonds. The first-order valence-corrected chi connectivity index (χ1v) is 13.3. The van der Waals surface area contributed by atoms with E-state index in [4.69, 9.17) is 21.8 Å². The average Bonchev–Trinajstić information content (AvgIpc) is 3.33. The van der Waals surface area contributed by atoms with Crippen LogP contribution in [0.15, 0.2) is 87.2 Å². The van der Waals surface area contributed by atoms with Crippen molar-refractivity contribution in [2.24, 2.45) is 5.10 Å². The molecule has 0 fully saturated rings. The first-order valence-electron chi connectivity index (χ1n) is 12.1. The highest BCUT2D eigenvalue weighted by molar-refractivity contribution is 9.10. The van der Waals surface area contributed by atoms with E-state index in [1.165, 1.54) is 5.01 Å². The second-order valence-corrected chi connectivity index (χ2v) is 10.4. The monoisotopic (exact) mass is 591 g/mol. The minimum Gasteiger partial charge on any atom is -0.481 e. The van der Waals surface area contributed by atoms with Gasteiger partial charge >= 0.3 is 5.97 Å². The largest absolute Gasteiger partial charge is 0.481 e. The molecular formula is C29H23BrClN3O4. The molecule has 0 radical (unpaired) electrons. The van der Waals surface area contributed by atoms with Crippen LogP contribution in [0.1, 0.15) is 42.9 Å². The molecule has 2 N–H and O–H groups in total. The predicted molar refractivity (Wildman–Crippen MR) is 151 cm³/mol. The van der Waals surface area contributed by atoms with Crippen LogP contribution in [0.2, 0.25) is 5.02 Å². The topological polar surface area (TPSA) is 103 Å². The number of carbonyl (C=O) groups excluding carboxylic acids is 1. The van der Waals surface area contributed by atoms with Crippen molar-refractivity contribution in [2.75, 3.05) is 0 Å². The number of hydrazone groups is 1. The number of fused-ring (bicyclic) bond motifs is 1. The molecule has 7 nitrogen and oxygen atoms in total. The van der Waals surface area contributed by atoms with Crippen LogP contribution in [0.4, 0.5) is 0 Å². The Labute approximate surface area is 231 Å². The van der Waals surface area contributed by atoms with E-state index in [-0.39, 0.29) is 37.1 Å². The zero-order valence-corrected chi connectivity index (χ0v) is 22.5. The minimum absolute atomic E-state index is 0.0105. The fourth-order valence-corrected chi connectivity index (χ4v) is 5.45. The number of benzene rings is 3. The quantitative estimate of drug-likeness (QED) is 0.254. The lowest BCUT2D eigenvalue weighted by Crippen LogP contribution is -2.27. The molecule has 0 saturated heterocycles. The molecule has 0 bridgehead atoms. The van der Waals surface area contributed by atoms with Gasteiger partial charge in [0.25, 0.3) is 5.56 Å². The summed E-state index contributed by atoms with van der Waals surface area (Å²) in [6, 6.07) is 22.0. The molecule has 1 atom stereocenters. The molecule has 1 aliphatic rings. The lowest BCUT2D eigenvalue weighted by Gasteiger charge is -2.22. The van der Waals surface area contributed by atoms with Gasteiger partial charge in [0.2, 0.25) is 5.91 Å². The molecule has 5 rings (SSSR count). The van der Waals surface area contributed by atoms with Crippen LogP contribution in [0, 0.1) is 0 Å². The van der Waals surface area contributed by atoms with E-state index in [2.05, 4.69) is 20.9 Å². The second-order valence-electron chi connectivity index (χ2n) is 9.03. The Bertz CT molecular complexity index is 1630. The Kier molecular flexibility index (Phi) is 7.44. The fourth-order valence-electron chi connectivity index (χ4n) is 4.83. The highest BCUT2D eigenvalue weighted by Crippen LogP contribution is 2.39. The Morgan fingerprint density at radius 2 is 1.76 bits per heavy atom. The molecule has 4 aromatic rings. The van der Waals surface area contributed by atoms with Gasteiger partial charge in [-0.15, -0.1) is 0 Å². The number of amides is 1. The van der Waals surface area contributed by atoms with E-state index >= 15 is 0 Å². The third-order valence-corrected chi connectivity index (χ3v) is 7.38. The zero-order valence-electron chi connectivity index (χ0n) is 20.2. The summed E-state index contributed by atoms with van der Waals surface area (Å²) in [7, 11) is 0. The SMILES string of the molecule is O=C(O)CCCC(=O)N1N=C(c2c(-c3ccccc3)c3cc(Br)ccc3[nH]c2=O)C[C@@H]1c1ccccc1Cl. The Hall–Kier alpha value is -3.75. The summed E-state index contributed by atoms with van der Waals surface area (Å²) in [5, 5.41) is 16.4. The van der Waals surface area contributed by atoms with Crippen molar-refractivity contribution >= 4 is 56.0 Å². The summed E-state index contributed by atoms with van der Waals surface area (Å²) in [6.07, 6.45) is 0.350. The number of H-pyrrole nitrogens is 1. The predicted octanol–water partition coefficient (Wildman–Crippen LogP) is 6.54. The van der Waals surface area contributed by atoms with Gasteiger partial charge < -0.3 is 10.1 Å². The van der Waals surface area contributed by atoms with Crippen molar-refractivity contribution in [3.05, 3.63) is 104 Å². The Morgan fingerprint density at radius 3 is 2.50 bits per heavy atom. The highest BCUT2D eigenvalue weighted by atomic mass is 79.9. The van der Waals surface area contributed by atoms with Crippen LogP contribution >= 0.6 is 27.5 Å². The maximum absolute atomic E-state index is 13.6. The molecule has 1 aliphatic heterocycles. The van der Waals surface area contributed by atoms with Crippen molar-refractivity contribution in [3.8, 4) is 11.1 Å². The summed E-state index contributed by atoms with van der Waals surface area (Å²) in [5.41, 5.74) is 3.51. The molecule has 38 heavy (non-hydrogen) atoms. The van der Waals surface area contributed by atoms with Crippen LogP contribution in [0.3, 0.4) is 0 Å². The van der Waals surface area contributed by atoms with Crippen LogP contribution in [0.5, 0.6) is 0 Å². The Balaban J connectivity index is 1.68. The average molecular weight is 593 g/mol. The molecule has 2 heterocycles. The van der Waals surface area contributed by atoms with Gasteiger partial charge in [-0.2, -0.15) is 5.10 Å². The summed E-state index contributed by atoms with van der Waals surface area (Å²) in [5.74, 6) is -1.29. The smallest absolute Gasteiger partial charge is 0.303 e. The minimum atomic E-state index is -0.965. The molecule has 0 spiro atoms. The maximum Gasteiger partial charge on any atom is 0.303 e. The summed E-state index contributed by atoms with van der Waals surface area (Å²) in [6.45, 7) is 0. The van der Waals surface area contributed by atoms with Gasteiger partial charge in [0.05, 0.1) is 17.3 Å². The number of carboxylic acids is 1. The molecular weight excluding hydrogens is 570 g/mol. The number of aliphatic carboxylic acids is 1. The van der Waals surface area contributed by atoms with Gasteiger partial charge in [-0.05, 0) is 41.8 Å². The van der Waals surface area contributed by atoms with Crippen LogP contribution in [-0.4, -0.2) is 32.7 Å². The standard InChI is InChI=1S/C29H23BrClN3O4/c30-18-13-14-22-20(15-18)27(17-7-2-1-3-8-17)28(29(38)32-22)23-16-24(19-9-4-5-10-21(19)31)34(33-23)25(35)11-6-12-26(36)37/h1-5,7-10,13-15,24H,6,11-12,16H2,(H,32,38)(H,36,37)/t24-/m1/s1. The van der Waals surface area contributed by atoms with E-state index in [1.807, 2.05) is 60.7 Å². The van der Waals surface area contributed by atoms with Crippen LogP contribution in [-0.2, 0) is 9.59 Å². The van der Waals surface area contributed by atoms with Crippen molar-refractivity contribution in [3.63, 3.8) is 0 Å². The van der Waals surface area contributed by atoms with Crippen LogP contribution in [0.25, 0.3) is 22.0 Å². The van der Waals surface area contributed by atoms with Gasteiger partial charge in [-0.1, -0.05) is 76.1 Å². The lowest BCUT2D eigenvalue weighted by atomic mass is 9.91. The van der Waals surface area contributed by atoms with Gasteiger partial charge in [-0.3, -0.25) is 14.4 Å². The normalized spacial score (nSPS) is 15.1. The number of hydrogen-bond donors (Lipinski definition) is 2. The Morgan fingerprint density at radius 1 is 1.03 bits per heavy atom. The number of carboxylic acid groups (broad SMARTS) is 1. The third-order valence-electron chi connectivity index (χ3n) is 6.54. The van der Waals surface area contributed by atoms with Crippen molar-refractivity contribution in [1.29, 1.82) is 0 Å². The van der Waals surface area contributed by atoms with E-state index in [0.717, 1.165) is 21.0 Å². The molecule has 1 aromatic heterocycles. The van der Waals surface area contributed by atoms with Gasteiger partial charge in [0.15, 0.2) is 0 Å². The number of nitrogens with one attached hydrogen (secondary N) is 1. The van der Waals surface area contributed by atoms with E-state index in [1.54, 1.807) is 12.1 Å². The number of pyridine rings is 1. The maximum atomic E-state index is 13.6. The molecule has 9 heteroatoms. The first kappa shape index (κ1) is 25.9. The van der Waals surface area contributed by atoms with E-state index in [9.17, 15) is 14.4 Å². The second kappa shape index (κ2) is 10.9. The van der Waals surface area contributed by atoms with Crippen LogP contribution < -0.4 is 5.56 Å². The summed E-state index contributed by atoms with van der Waals surface area (Å²) >= 11 is 10.1. The zero-order chi connectivity index (χ0) is 26.8. The molecule has 192 valence electrons. The molecule has 0 saturated carbocycles. The lowest BCUT2D eigenvalue weighted by molar-refractivity contribution is -0.137. The number of halogens is 2. The van der Waals surface area contributed by atoms with Gasteiger partial charge in [0, 0.05) is 45.2 Å². The summed E-state index contributed by atoms with van der Waals surface area (Å²) < 4.78 is 0.859. The molecule has 0 aliphatic carbocycles. The molecule has 0 unspecified atom stereocenters. The number of aromatic amines is 1. The number of nitrogens with zero attached hydrogens (tertiary/aromatic N) is 2. The van der Waals surface area contributed by atoms with E-state index < -0.39 is 12.0 Å². The number of hydrogen-bond acceptors (Lipinski definition) is 4. The van der Waals surface area contributed by atoms with E-state index in [0.29, 0.717) is 27.4 Å². The van der Waals surface area contributed by atoms with Crippen molar-refractivity contribution < 1.29 is 14.7 Å².